The standard InChI is InChI=1S/C26H38N2O3/c1-18-5-4-6-19(13-18)15-22(29)7-8-23-24-16-20(14-21(24)17-25(23)30)9-11-27-12-10-26(31)28(2)3/h4-8,13-14,21-25,27,29-30H,9-12,15-17H2,1-3H3/t21-,22+,23+,24-,25+/m0/s1. The number of allylic oxidation sites excluding steroid dienone is 1. The van der Waals surface area contributed by atoms with Crippen LogP contribution in [-0.4, -0.2) is 60.4 Å². The van der Waals surface area contributed by atoms with E-state index >= 15 is 0 Å². The molecule has 170 valence electrons. The van der Waals surface area contributed by atoms with Crippen LogP contribution >= 0.6 is 0 Å². The summed E-state index contributed by atoms with van der Waals surface area (Å²) in [5.41, 5.74) is 3.78. The lowest BCUT2D eigenvalue weighted by atomic mass is 9.88. The van der Waals surface area contributed by atoms with E-state index in [0.29, 0.717) is 31.2 Å². The van der Waals surface area contributed by atoms with Gasteiger partial charge in [-0.15, -0.1) is 0 Å². The maximum atomic E-state index is 11.6. The van der Waals surface area contributed by atoms with Crippen molar-refractivity contribution < 1.29 is 15.0 Å². The van der Waals surface area contributed by atoms with Gasteiger partial charge in [0.15, 0.2) is 0 Å². The van der Waals surface area contributed by atoms with Crippen LogP contribution in [-0.2, 0) is 11.2 Å². The molecule has 3 rings (SSSR count). The minimum absolute atomic E-state index is 0.108. The summed E-state index contributed by atoms with van der Waals surface area (Å²) in [5.74, 6) is 1.12. The summed E-state index contributed by atoms with van der Waals surface area (Å²) in [6.45, 7) is 3.65. The van der Waals surface area contributed by atoms with Gasteiger partial charge in [0.2, 0.25) is 5.91 Å². The number of hydrogen-bond donors (Lipinski definition) is 3. The third kappa shape index (κ3) is 6.76. The maximum absolute atomic E-state index is 11.6. The SMILES string of the molecule is Cc1cccc(C[C@H](O)C=C[C@@H]2[C@H]3CC(CCNCCC(=O)N(C)C)=C[C@H]3C[C@H]2O)c1. The molecular weight excluding hydrogens is 388 g/mol. The molecule has 0 heterocycles. The van der Waals surface area contributed by atoms with Gasteiger partial charge in [-0.2, -0.15) is 0 Å². The van der Waals surface area contributed by atoms with Crippen LogP contribution in [0.5, 0.6) is 0 Å². The van der Waals surface area contributed by atoms with Crippen LogP contribution in [0.3, 0.4) is 0 Å². The minimum Gasteiger partial charge on any atom is -0.392 e. The highest BCUT2D eigenvalue weighted by molar-refractivity contribution is 5.75. The van der Waals surface area contributed by atoms with Crippen molar-refractivity contribution in [2.24, 2.45) is 17.8 Å². The molecule has 0 saturated heterocycles. The third-order valence-electron chi connectivity index (χ3n) is 6.67. The summed E-state index contributed by atoms with van der Waals surface area (Å²) < 4.78 is 0. The van der Waals surface area contributed by atoms with E-state index in [4.69, 9.17) is 0 Å². The van der Waals surface area contributed by atoms with E-state index in [9.17, 15) is 15.0 Å². The van der Waals surface area contributed by atoms with Crippen LogP contribution in [0.1, 0.15) is 36.8 Å². The Hall–Kier alpha value is -1.95. The number of benzene rings is 1. The molecule has 0 aromatic heterocycles. The lowest BCUT2D eigenvalue weighted by Crippen LogP contribution is -2.27. The maximum Gasteiger partial charge on any atom is 0.223 e. The van der Waals surface area contributed by atoms with Crippen LogP contribution in [0.25, 0.3) is 0 Å². The van der Waals surface area contributed by atoms with Gasteiger partial charge in [0.25, 0.3) is 0 Å². The van der Waals surface area contributed by atoms with Crippen molar-refractivity contribution >= 4 is 5.91 Å². The van der Waals surface area contributed by atoms with E-state index in [2.05, 4.69) is 36.5 Å². The summed E-state index contributed by atoms with van der Waals surface area (Å²) >= 11 is 0. The van der Waals surface area contributed by atoms with Crippen LogP contribution in [0, 0.1) is 24.7 Å². The average molecular weight is 427 g/mol. The molecule has 1 amide bonds. The summed E-state index contributed by atoms with van der Waals surface area (Å²) in [6, 6.07) is 8.23. The number of aryl methyl sites for hydroxylation is 1. The molecule has 3 N–H and O–H groups in total. The van der Waals surface area contributed by atoms with Crippen molar-refractivity contribution in [2.45, 2.75) is 51.2 Å². The fourth-order valence-electron chi connectivity index (χ4n) is 4.99. The highest BCUT2D eigenvalue weighted by Gasteiger charge is 2.43. The number of carbonyl (C=O) groups excluding carboxylic acids is 1. The first-order chi connectivity index (χ1) is 14.8. The normalized spacial score (nSPS) is 26.2. The van der Waals surface area contributed by atoms with Crippen LogP contribution in [0.15, 0.2) is 48.1 Å². The monoisotopic (exact) mass is 426 g/mol. The van der Waals surface area contributed by atoms with E-state index < -0.39 is 6.10 Å². The molecule has 1 fully saturated rings. The van der Waals surface area contributed by atoms with Crippen molar-refractivity contribution in [2.75, 3.05) is 27.2 Å². The Kier molecular flexibility index (Phi) is 8.47. The molecule has 31 heavy (non-hydrogen) atoms. The lowest BCUT2D eigenvalue weighted by molar-refractivity contribution is -0.128. The second-order valence-electron chi connectivity index (χ2n) is 9.42. The second kappa shape index (κ2) is 11.1. The summed E-state index contributed by atoms with van der Waals surface area (Å²) in [6.07, 6.45) is 9.37. The van der Waals surface area contributed by atoms with Gasteiger partial charge in [-0.1, -0.05) is 53.6 Å². The first-order valence-corrected chi connectivity index (χ1v) is 11.5. The molecule has 2 aliphatic rings. The van der Waals surface area contributed by atoms with E-state index in [0.717, 1.165) is 31.4 Å². The van der Waals surface area contributed by atoms with Crippen molar-refractivity contribution in [1.82, 2.24) is 10.2 Å². The zero-order valence-corrected chi connectivity index (χ0v) is 19.1. The summed E-state index contributed by atoms with van der Waals surface area (Å²) in [4.78, 5) is 13.2. The number of fused-ring (bicyclic) bond motifs is 1. The van der Waals surface area contributed by atoms with Gasteiger partial charge in [0, 0.05) is 39.4 Å². The largest absolute Gasteiger partial charge is 0.392 e. The van der Waals surface area contributed by atoms with E-state index in [-0.39, 0.29) is 17.9 Å². The molecule has 1 aromatic carbocycles. The number of nitrogens with one attached hydrogen (secondary N) is 1. The fourth-order valence-corrected chi connectivity index (χ4v) is 4.99. The number of aliphatic hydroxyl groups excluding tert-OH is 2. The van der Waals surface area contributed by atoms with E-state index in [1.807, 2.05) is 18.2 Å². The fraction of sp³-hybridized carbons (Fsp3) is 0.577. The van der Waals surface area contributed by atoms with E-state index in [1.54, 1.807) is 19.0 Å². The summed E-state index contributed by atoms with van der Waals surface area (Å²) in [5, 5.41) is 24.4. The van der Waals surface area contributed by atoms with E-state index in [1.165, 1.54) is 11.1 Å². The summed E-state index contributed by atoms with van der Waals surface area (Å²) in [7, 11) is 3.57. The highest BCUT2D eigenvalue weighted by Crippen LogP contribution is 2.47. The number of amides is 1. The molecule has 0 spiro atoms. The number of hydrogen-bond acceptors (Lipinski definition) is 4. The van der Waals surface area contributed by atoms with Gasteiger partial charge in [-0.25, -0.2) is 0 Å². The Bertz CT molecular complexity index is 802. The predicted octanol–water partition coefficient (Wildman–Crippen LogP) is 2.86. The molecule has 5 nitrogen and oxygen atoms in total. The zero-order valence-electron chi connectivity index (χ0n) is 19.1. The molecule has 5 atom stereocenters. The molecular formula is C26H38N2O3. The minimum atomic E-state index is -0.532. The average Bonchev–Trinajstić information content (AvgIpc) is 3.22. The van der Waals surface area contributed by atoms with Crippen molar-refractivity contribution in [3.05, 3.63) is 59.2 Å². The molecule has 2 aliphatic carbocycles. The molecule has 5 heteroatoms. The first kappa shape index (κ1) is 23.7. The number of rotatable bonds is 10. The Balaban J connectivity index is 1.44. The first-order valence-electron chi connectivity index (χ1n) is 11.5. The second-order valence-corrected chi connectivity index (χ2v) is 9.42. The quantitative estimate of drug-likeness (QED) is 0.397. The molecule has 1 aromatic rings. The number of aliphatic hydroxyl groups is 2. The van der Waals surface area contributed by atoms with Crippen molar-refractivity contribution in [3.63, 3.8) is 0 Å². The highest BCUT2D eigenvalue weighted by atomic mass is 16.3. The number of carbonyl (C=O) groups is 1. The van der Waals surface area contributed by atoms with Crippen LogP contribution in [0.2, 0.25) is 0 Å². The van der Waals surface area contributed by atoms with Gasteiger partial charge >= 0.3 is 0 Å². The molecule has 0 unspecified atom stereocenters. The predicted molar refractivity (Wildman–Crippen MR) is 125 cm³/mol. The Morgan fingerprint density at radius 3 is 2.87 bits per heavy atom. The molecule has 0 bridgehead atoms. The lowest BCUT2D eigenvalue weighted by Gasteiger charge is -2.19. The van der Waals surface area contributed by atoms with Gasteiger partial charge in [-0.05, 0) is 50.1 Å². The van der Waals surface area contributed by atoms with Gasteiger partial charge < -0.3 is 20.4 Å². The van der Waals surface area contributed by atoms with Gasteiger partial charge in [0.1, 0.15) is 0 Å². The zero-order chi connectivity index (χ0) is 22.4. The Labute approximate surface area is 186 Å². The van der Waals surface area contributed by atoms with Gasteiger partial charge in [0.05, 0.1) is 12.2 Å². The molecule has 0 aliphatic heterocycles. The molecule has 1 saturated carbocycles. The number of nitrogens with zero attached hydrogens (tertiary/aromatic N) is 1. The molecule has 0 radical (unpaired) electrons. The van der Waals surface area contributed by atoms with Crippen molar-refractivity contribution in [1.29, 1.82) is 0 Å². The Morgan fingerprint density at radius 1 is 1.32 bits per heavy atom. The van der Waals surface area contributed by atoms with Crippen LogP contribution < -0.4 is 5.32 Å². The third-order valence-corrected chi connectivity index (χ3v) is 6.67. The van der Waals surface area contributed by atoms with Gasteiger partial charge in [-0.3, -0.25) is 4.79 Å². The van der Waals surface area contributed by atoms with Crippen molar-refractivity contribution in [3.8, 4) is 0 Å². The van der Waals surface area contributed by atoms with Crippen LogP contribution in [0.4, 0.5) is 0 Å². The Morgan fingerprint density at radius 2 is 2.13 bits per heavy atom. The topological polar surface area (TPSA) is 72.8 Å². The smallest absolute Gasteiger partial charge is 0.223 e.